The predicted molar refractivity (Wildman–Crippen MR) is 86.6 cm³/mol. The molecule has 22 heavy (non-hydrogen) atoms. The molecule has 0 spiro atoms. The SMILES string of the molecule is CC1(C)[C@@H](c2ccccc2)[C@@H]2C(=O)[C@@H]3[C@H]2[C@]31c1ccccc1. The summed E-state index contributed by atoms with van der Waals surface area (Å²) in [5.41, 5.74) is 2.93. The summed E-state index contributed by atoms with van der Waals surface area (Å²) in [5, 5.41) is 0. The summed E-state index contributed by atoms with van der Waals surface area (Å²) in [5.74, 6) is 1.97. The summed E-state index contributed by atoms with van der Waals surface area (Å²) in [6.45, 7) is 4.77. The van der Waals surface area contributed by atoms with Gasteiger partial charge in [0.1, 0.15) is 5.78 Å². The van der Waals surface area contributed by atoms with Gasteiger partial charge in [0, 0.05) is 17.3 Å². The molecule has 5 rings (SSSR count). The summed E-state index contributed by atoms with van der Waals surface area (Å²) < 4.78 is 0. The van der Waals surface area contributed by atoms with Crippen LogP contribution in [0, 0.1) is 23.2 Å². The highest BCUT2D eigenvalue weighted by Gasteiger charge is 2.91. The Bertz CT molecular complexity index is 761. The molecule has 3 fully saturated rings. The number of ketones is 1. The number of carbonyl (C=O) groups excluding carboxylic acids is 1. The summed E-state index contributed by atoms with van der Waals surface area (Å²) in [6, 6.07) is 21.4. The van der Waals surface area contributed by atoms with Crippen molar-refractivity contribution in [3.8, 4) is 0 Å². The van der Waals surface area contributed by atoms with E-state index in [0.29, 0.717) is 17.6 Å². The highest BCUT2D eigenvalue weighted by Crippen LogP contribution is 2.88. The van der Waals surface area contributed by atoms with Crippen LogP contribution in [-0.4, -0.2) is 5.78 Å². The molecule has 0 amide bonds. The van der Waals surface area contributed by atoms with E-state index in [1.165, 1.54) is 11.1 Å². The van der Waals surface area contributed by atoms with Crippen molar-refractivity contribution >= 4 is 5.78 Å². The molecule has 0 bridgehead atoms. The quantitative estimate of drug-likeness (QED) is 0.809. The molecule has 3 aliphatic carbocycles. The number of rotatable bonds is 2. The van der Waals surface area contributed by atoms with Gasteiger partial charge in [0.25, 0.3) is 0 Å². The monoisotopic (exact) mass is 288 g/mol. The van der Waals surface area contributed by atoms with Crippen LogP contribution in [0.1, 0.15) is 30.9 Å². The highest BCUT2D eigenvalue weighted by molar-refractivity contribution is 6.01. The third kappa shape index (κ3) is 1.11. The van der Waals surface area contributed by atoms with Crippen LogP contribution in [0.3, 0.4) is 0 Å². The van der Waals surface area contributed by atoms with E-state index in [1.54, 1.807) is 0 Å². The van der Waals surface area contributed by atoms with Crippen LogP contribution in [0.5, 0.6) is 0 Å². The number of benzene rings is 2. The third-order valence-corrected chi connectivity index (χ3v) is 6.90. The second-order valence-electron chi connectivity index (χ2n) is 7.78. The standard InChI is InChI=1S/C21H20O/c1-20(2)16(13-9-5-3-6-10-13)15-17-18(19(15)22)21(17,20)14-11-7-4-8-12-14/h3-12,15-18H,1-2H3/t15-,16-,17-,18-,21+/m0/s1. The van der Waals surface area contributed by atoms with E-state index in [1.807, 2.05) is 0 Å². The first kappa shape index (κ1) is 12.6. The van der Waals surface area contributed by atoms with Crippen LogP contribution in [0.4, 0.5) is 0 Å². The summed E-state index contributed by atoms with van der Waals surface area (Å²) >= 11 is 0. The van der Waals surface area contributed by atoms with Gasteiger partial charge >= 0.3 is 0 Å². The second kappa shape index (κ2) is 3.71. The van der Waals surface area contributed by atoms with Gasteiger partial charge in [-0.05, 0) is 28.4 Å². The van der Waals surface area contributed by atoms with Gasteiger partial charge in [-0.1, -0.05) is 74.5 Å². The fourth-order valence-corrected chi connectivity index (χ4v) is 6.22. The molecule has 0 unspecified atom stereocenters. The highest BCUT2D eigenvalue weighted by atomic mass is 16.1. The molecular formula is C21H20O. The number of Topliss-reactive ketones (excluding diaryl/α,β-unsaturated/α-hetero) is 1. The average molecular weight is 288 g/mol. The lowest BCUT2D eigenvalue weighted by Gasteiger charge is -2.45. The van der Waals surface area contributed by atoms with Crippen molar-refractivity contribution < 1.29 is 4.79 Å². The minimum Gasteiger partial charge on any atom is -0.299 e. The lowest BCUT2D eigenvalue weighted by atomic mass is 9.57. The largest absolute Gasteiger partial charge is 0.299 e. The molecule has 3 aliphatic rings. The van der Waals surface area contributed by atoms with Crippen LogP contribution < -0.4 is 0 Å². The van der Waals surface area contributed by atoms with Crippen LogP contribution in [0.2, 0.25) is 0 Å². The van der Waals surface area contributed by atoms with Crippen molar-refractivity contribution in [1.29, 1.82) is 0 Å². The van der Waals surface area contributed by atoms with Crippen LogP contribution in [-0.2, 0) is 10.2 Å². The molecule has 0 aliphatic heterocycles. The van der Waals surface area contributed by atoms with Gasteiger partial charge in [-0.15, -0.1) is 0 Å². The van der Waals surface area contributed by atoms with Gasteiger partial charge in [-0.3, -0.25) is 4.79 Å². The second-order valence-corrected chi connectivity index (χ2v) is 7.78. The maximum atomic E-state index is 12.7. The number of hydrogen-bond acceptors (Lipinski definition) is 1. The Morgan fingerprint density at radius 3 is 2.05 bits per heavy atom. The zero-order chi connectivity index (χ0) is 15.1. The first-order valence-corrected chi connectivity index (χ1v) is 8.26. The van der Waals surface area contributed by atoms with Crippen molar-refractivity contribution in [3.63, 3.8) is 0 Å². The zero-order valence-electron chi connectivity index (χ0n) is 13.0. The zero-order valence-corrected chi connectivity index (χ0v) is 13.0. The number of hydrogen-bond donors (Lipinski definition) is 0. The van der Waals surface area contributed by atoms with Crippen LogP contribution in [0.25, 0.3) is 0 Å². The smallest absolute Gasteiger partial charge is 0.141 e. The van der Waals surface area contributed by atoms with Gasteiger partial charge in [-0.25, -0.2) is 0 Å². The van der Waals surface area contributed by atoms with Crippen molar-refractivity contribution in [1.82, 2.24) is 0 Å². The molecule has 2 aromatic rings. The number of carbonyl (C=O) groups is 1. The third-order valence-electron chi connectivity index (χ3n) is 6.90. The Morgan fingerprint density at radius 1 is 0.818 bits per heavy atom. The van der Waals surface area contributed by atoms with Crippen molar-refractivity contribution in [2.75, 3.05) is 0 Å². The average Bonchev–Trinajstić information content (AvgIpc) is 3.15. The Hall–Kier alpha value is -1.89. The first-order chi connectivity index (χ1) is 10.6. The van der Waals surface area contributed by atoms with Crippen LogP contribution in [0.15, 0.2) is 60.7 Å². The van der Waals surface area contributed by atoms with Gasteiger partial charge in [0.05, 0.1) is 0 Å². The van der Waals surface area contributed by atoms with Gasteiger partial charge in [-0.2, -0.15) is 0 Å². The first-order valence-electron chi connectivity index (χ1n) is 8.26. The maximum absolute atomic E-state index is 12.7. The lowest BCUT2D eigenvalue weighted by Crippen LogP contribution is -2.45. The van der Waals surface area contributed by atoms with E-state index >= 15 is 0 Å². The topological polar surface area (TPSA) is 17.1 Å². The molecule has 1 heteroatoms. The van der Waals surface area contributed by atoms with E-state index in [-0.39, 0.29) is 22.7 Å². The predicted octanol–water partition coefficient (Wildman–Crippen LogP) is 4.19. The molecule has 0 heterocycles. The molecule has 0 aromatic heterocycles. The fourth-order valence-electron chi connectivity index (χ4n) is 6.22. The molecule has 110 valence electrons. The van der Waals surface area contributed by atoms with E-state index in [0.717, 1.165) is 0 Å². The molecule has 0 saturated heterocycles. The minimum absolute atomic E-state index is 0.0799. The summed E-state index contributed by atoms with van der Waals surface area (Å²) in [4.78, 5) is 12.7. The Morgan fingerprint density at radius 2 is 1.41 bits per heavy atom. The molecule has 1 nitrogen and oxygen atoms in total. The molecule has 0 N–H and O–H groups in total. The Labute approximate surface area is 131 Å². The van der Waals surface area contributed by atoms with E-state index in [9.17, 15) is 4.79 Å². The normalized spacial score (nSPS) is 40.0. The van der Waals surface area contributed by atoms with Crippen molar-refractivity contribution in [3.05, 3.63) is 71.8 Å². The van der Waals surface area contributed by atoms with Crippen LogP contribution >= 0.6 is 0 Å². The van der Waals surface area contributed by atoms with Gasteiger partial charge in [0.15, 0.2) is 0 Å². The molecule has 2 aromatic carbocycles. The molecule has 5 atom stereocenters. The molecule has 3 saturated carbocycles. The van der Waals surface area contributed by atoms with E-state index in [2.05, 4.69) is 74.5 Å². The van der Waals surface area contributed by atoms with Crippen molar-refractivity contribution in [2.24, 2.45) is 23.2 Å². The Balaban J connectivity index is 1.70. The fraction of sp³-hybridized carbons (Fsp3) is 0.381. The minimum atomic E-state index is 0.0799. The lowest BCUT2D eigenvalue weighted by molar-refractivity contribution is -0.134. The van der Waals surface area contributed by atoms with Gasteiger partial charge in [0.2, 0.25) is 0 Å². The maximum Gasteiger partial charge on any atom is 0.141 e. The number of fused-ring (bicyclic) bond motifs is 1. The van der Waals surface area contributed by atoms with E-state index < -0.39 is 0 Å². The van der Waals surface area contributed by atoms with Gasteiger partial charge < -0.3 is 0 Å². The Kier molecular flexibility index (Phi) is 2.13. The van der Waals surface area contributed by atoms with Crippen molar-refractivity contribution in [2.45, 2.75) is 25.2 Å². The summed E-state index contributed by atoms with van der Waals surface area (Å²) in [7, 11) is 0. The molecule has 0 radical (unpaired) electrons. The van der Waals surface area contributed by atoms with E-state index in [4.69, 9.17) is 0 Å². The summed E-state index contributed by atoms with van der Waals surface area (Å²) in [6.07, 6.45) is 0. The molecular weight excluding hydrogens is 268 g/mol.